The van der Waals surface area contributed by atoms with Crippen LogP contribution in [-0.4, -0.2) is 18.0 Å². The summed E-state index contributed by atoms with van der Waals surface area (Å²) in [6.07, 6.45) is 0.700. The molecule has 2 nitrogen and oxygen atoms in total. The van der Waals surface area contributed by atoms with E-state index < -0.39 is 31.6 Å². The topological polar surface area (TPSA) is 25.8 Å². The van der Waals surface area contributed by atoms with Crippen molar-refractivity contribution in [2.24, 2.45) is 10.8 Å². The van der Waals surface area contributed by atoms with Crippen LogP contribution in [0.3, 0.4) is 0 Å². The van der Waals surface area contributed by atoms with Crippen LogP contribution in [0.2, 0.25) is 19.6 Å². The Hall–Kier alpha value is -3.95. The second-order valence-corrected chi connectivity index (χ2v) is 21.1. The van der Waals surface area contributed by atoms with Crippen LogP contribution in [0.4, 0.5) is 0 Å². The van der Waals surface area contributed by atoms with E-state index in [2.05, 4.69) is 96.3 Å². The molecule has 51 heavy (non-hydrogen) atoms. The number of pyridine rings is 2. The molecule has 0 saturated heterocycles. The van der Waals surface area contributed by atoms with Crippen LogP contribution in [0.5, 0.6) is 0 Å². The van der Waals surface area contributed by atoms with Crippen molar-refractivity contribution in [1.29, 1.82) is 0 Å². The normalized spacial score (nSPS) is 13.7. The zero-order valence-corrected chi connectivity index (χ0v) is 34.6. The van der Waals surface area contributed by atoms with Crippen LogP contribution in [0.15, 0.2) is 116 Å². The van der Waals surface area contributed by atoms with Gasteiger partial charge in [-0.1, -0.05) is 149 Å². The predicted molar refractivity (Wildman–Crippen MR) is 219 cm³/mol. The van der Waals surface area contributed by atoms with Crippen molar-refractivity contribution in [2.75, 3.05) is 0 Å². The molecule has 0 aliphatic carbocycles. The molecule has 0 bridgehead atoms. The summed E-state index contributed by atoms with van der Waals surface area (Å²) in [7, 11) is -1.70. The van der Waals surface area contributed by atoms with Gasteiger partial charge in [0.15, 0.2) is 0 Å². The minimum absolute atomic E-state index is 0. The summed E-state index contributed by atoms with van der Waals surface area (Å²) >= 11 is 0. The molecule has 0 aliphatic rings. The number of rotatable bonds is 5. The van der Waals surface area contributed by atoms with Gasteiger partial charge in [-0.2, -0.15) is 0 Å². The van der Waals surface area contributed by atoms with E-state index in [1.54, 1.807) is 12.3 Å². The van der Waals surface area contributed by atoms with Gasteiger partial charge in [0.25, 0.3) is 0 Å². The van der Waals surface area contributed by atoms with Gasteiger partial charge in [-0.3, -0.25) is 0 Å². The molecule has 0 fully saturated rings. The first kappa shape index (κ1) is 32.9. The maximum Gasteiger partial charge on any atom is 0.0798 e. The number of benzene rings is 5. The fraction of sp³-hybridized carbons (Fsp3) is 0.277. The van der Waals surface area contributed by atoms with Crippen molar-refractivity contribution in [1.82, 2.24) is 9.97 Å². The summed E-state index contributed by atoms with van der Waals surface area (Å²) in [5.74, 6) is 0. The van der Waals surface area contributed by atoms with E-state index in [0.717, 1.165) is 38.7 Å². The molecule has 0 aliphatic heterocycles. The number of hydrogen-bond acceptors (Lipinski definition) is 2. The van der Waals surface area contributed by atoms with Crippen LogP contribution in [0.25, 0.3) is 54.8 Å². The molecule has 1 radical (unpaired) electrons. The van der Waals surface area contributed by atoms with Crippen molar-refractivity contribution in [3.05, 3.63) is 139 Å². The molecule has 0 amide bonds. The molecular formula is C47H50IrN2Si-2. The Bertz CT molecular complexity index is 2430. The average molecular weight is 867 g/mol. The van der Waals surface area contributed by atoms with Gasteiger partial charge in [-0.25, -0.2) is 0 Å². The van der Waals surface area contributed by atoms with Gasteiger partial charge >= 0.3 is 0 Å². The summed E-state index contributed by atoms with van der Waals surface area (Å²) in [4.78, 5) is 9.16. The van der Waals surface area contributed by atoms with Gasteiger partial charge in [0, 0.05) is 38.0 Å². The van der Waals surface area contributed by atoms with Gasteiger partial charge < -0.3 is 9.97 Å². The molecule has 0 spiro atoms. The van der Waals surface area contributed by atoms with E-state index in [0.29, 0.717) is 5.56 Å². The Balaban J connectivity index is 0.000000217. The second kappa shape index (κ2) is 15.3. The zero-order valence-electron chi connectivity index (χ0n) is 35.2. The first-order chi connectivity index (χ1) is 25.2. The van der Waals surface area contributed by atoms with Crippen molar-refractivity contribution >= 4 is 45.6 Å². The van der Waals surface area contributed by atoms with Crippen LogP contribution in [-0.2, 0) is 32.9 Å². The van der Waals surface area contributed by atoms with Crippen LogP contribution in [0, 0.1) is 23.0 Å². The van der Waals surface area contributed by atoms with Crippen molar-refractivity contribution in [2.45, 2.75) is 73.9 Å². The Morgan fingerprint density at radius 2 is 1.18 bits per heavy atom. The van der Waals surface area contributed by atoms with Gasteiger partial charge in [-0.05, 0) is 62.4 Å². The maximum absolute atomic E-state index is 8.75. The third-order valence-electron chi connectivity index (χ3n) is 8.44. The maximum atomic E-state index is 8.75. The summed E-state index contributed by atoms with van der Waals surface area (Å²) in [5, 5.41) is 8.31. The summed E-state index contributed by atoms with van der Waals surface area (Å²) in [5.41, 5.74) is 3.72. The van der Waals surface area contributed by atoms with Crippen molar-refractivity contribution < 1.29 is 25.6 Å². The van der Waals surface area contributed by atoms with Crippen molar-refractivity contribution in [3.63, 3.8) is 0 Å². The molecule has 7 rings (SSSR count). The molecule has 2 heterocycles. The Morgan fingerprint density at radius 1 is 0.608 bits per heavy atom. The van der Waals surface area contributed by atoms with E-state index in [9.17, 15) is 0 Å². The van der Waals surface area contributed by atoms with Crippen LogP contribution in [0.1, 0.15) is 58.2 Å². The molecule has 0 atom stereocenters. The standard InChI is InChI=1S/C28H24N.C19H26NSi.Ir/c1-28(2,3)18-19-14-15-29-27(16-19)20-12-13-25-23-10-5-4-8-21(23)22-9-6-7-11-24(22)26(25)17-20;1-19(2,3)13-16-12-17(15-10-8-7-9-11-15)20-14-18(16)21(4,5)6;/h4-11,13-17H,18H2,1-3H3;7-10,12,14H,13H2,1-6H3;/q2*-1;/i18D2;13D2;. The number of hydrogen-bond donors (Lipinski definition) is 0. The Labute approximate surface area is 325 Å². The largest absolute Gasteiger partial charge is 0.305 e. The van der Waals surface area contributed by atoms with Gasteiger partial charge in [0.05, 0.1) is 8.07 Å². The molecule has 4 heteroatoms. The van der Waals surface area contributed by atoms with Gasteiger partial charge in [-0.15, -0.1) is 59.7 Å². The molecule has 2 aromatic heterocycles. The summed E-state index contributed by atoms with van der Waals surface area (Å²) in [6.45, 7) is 18.3. The Morgan fingerprint density at radius 3 is 1.75 bits per heavy atom. The minimum atomic E-state index is -1.70. The van der Waals surface area contributed by atoms with Gasteiger partial charge in [0.2, 0.25) is 0 Å². The summed E-state index contributed by atoms with van der Waals surface area (Å²) < 4.78 is 34.8. The number of aromatic nitrogens is 2. The third-order valence-corrected chi connectivity index (χ3v) is 10.5. The number of fused-ring (bicyclic) bond motifs is 6. The number of nitrogens with zero attached hydrogens (tertiary/aromatic N) is 2. The third kappa shape index (κ3) is 9.29. The Kier molecular flexibility index (Phi) is 9.90. The van der Waals surface area contributed by atoms with E-state index in [1.807, 2.05) is 90.2 Å². The molecular weight excluding hydrogens is 813 g/mol. The fourth-order valence-electron chi connectivity index (χ4n) is 6.34. The first-order valence-electron chi connectivity index (χ1n) is 19.4. The second-order valence-electron chi connectivity index (χ2n) is 16.1. The molecule has 0 N–H and O–H groups in total. The van der Waals surface area contributed by atoms with Crippen molar-refractivity contribution in [3.8, 4) is 22.5 Å². The zero-order chi connectivity index (χ0) is 39.3. The van der Waals surface area contributed by atoms with E-state index in [-0.39, 0.29) is 20.1 Å². The van der Waals surface area contributed by atoms with E-state index in [1.165, 1.54) is 26.9 Å². The molecule has 263 valence electrons. The predicted octanol–water partition coefficient (Wildman–Crippen LogP) is 12.3. The molecule has 0 saturated carbocycles. The smallest absolute Gasteiger partial charge is 0.0798 e. The van der Waals surface area contributed by atoms with E-state index in [4.69, 9.17) is 5.48 Å². The molecule has 0 unspecified atom stereocenters. The molecule has 5 aromatic carbocycles. The molecule has 7 aromatic rings. The SMILES string of the molecule is [2H]C([2H])(c1cc(-c2[c-]cccc2)ncc1[Si](C)(C)C)C(C)(C)C.[2H]C([2H])(c1ccnc(-c2[c-]cc3c4ccccc4c4ccccc4c3c2)c1)C(C)(C)C.[Ir]. The van der Waals surface area contributed by atoms with E-state index >= 15 is 0 Å². The fourth-order valence-corrected chi connectivity index (χ4v) is 7.73. The first-order valence-corrected chi connectivity index (χ1v) is 20.9. The van der Waals surface area contributed by atoms with Gasteiger partial charge in [0.1, 0.15) is 0 Å². The quantitative estimate of drug-likeness (QED) is 0.0979. The average Bonchev–Trinajstić information content (AvgIpc) is 3.14. The minimum Gasteiger partial charge on any atom is -0.305 e. The van der Waals surface area contributed by atoms with Crippen LogP contribution >= 0.6 is 0 Å². The van der Waals surface area contributed by atoms with Crippen LogP contribution < -0.4 is 5.19 Å². The monoisotopic (exact) mass is 867 g/mol. The summed E-state index contributed by atoms with van der Waals surface area (Å²) in [6, 6.07) is 41.1.